The van der Waals surface area contributed by atoms with Crippen LogP contribution in [0.25, 0.3) is 0 Å². The zero-order valence-electron chi connectivity index (χ0n) is 8.08. The first-order valence-electron chi connectivity index (χ1n) is 4.67. The molecule has 1 aliphatic heterocycles. The first-order chi connectivity index (χ1) is 6.18. The number of nitrogens with two attached hydrogens (primary N) is 1. The molecule has 1 aliphatic rings. The molecule has 2 unspecified atom stereocenters. The third-order valence-corrected chi connectivity index (χ3v) is 2.62. The standard InChI is InChI=1S/C11H15NO/c1-7-3-4-9-10(8(2)12)6-13-11(9)5-7/h3-5,8,10H,6,12H2,1-2H3. The van der Waals surface area contributed by atoms with Gasteiger partial charge < -0.3 is 10.5 Å². The predicted molar refractivity (Wildman–Crippen MR) is 53.1 cm³/mol. The summed E-state index contributed by atoms with van der Waals surface area (Å²) in [6.45, 7) is 4.84. The summed E-state index contributed by atoms with van der Waals surface area (Å²) in [5, 5.41) is 0. The molecule has 0 aromatic heterocycles. The Hall–Kier alpha value is -1.02. The Morgan fingerprint density at radius 3 is 3.00 bits per heavy atom. The van der Waals surface area contributed by atoms with Crippen molar-refractivity contribution < 1.29 is 4.74 Å². The van der Waals surface area contributed by atoms with Crippen molar-refractivity contribution in [2.24, 2.45) is 5.73 Å². The minimum Gasteiger partial charge on any atom is -0.493 e. The topological polar surface area (TPSA) is 35.2 Å². The predicted octanol–water partition coefficient (Wildman–Crippen LogP) is 1.82. The molecule has 2 N–H and O–H groups in total. The molecule has 0 saturated heterocycles. The molecule has 2 atom stereocenters. The van der Waals surface area contributed by atoms with Gasteiger partial charge in [0.15, 0.2) is 0 Å². The molecule has 0 bridgehead atoms. The normalized spacial score (nSPS) is 22.2. The number of hydrogen-bond acceptors (Lipinski definition) is 2. The van der Waals surface area contributed by atoms with Crippen molar-refractivity contribution in [3.63, 3.8) is 0 Å². The fourth-order valence-electron chi connectivity index (χ4n) is 1.78. The van der Waals surface area contributed by atoms with Gasteiger partial charge in [-0.1, -0.05) is 12.1 Å². The summed E-state index contributed by atoms with van der Waals surface area (Å²) in [4.78, 5) is 0. The van der Waals surface area contributed by atoms with E-state index in [9.17, 15) is 0 Å². The average molecular weight is 177 g/mol. The third kappa shape index (κ3) is 1.42. The Balaban J connectivity index is 2.38. The SMILES string of the molecule is Cc1ccc2c(c1)OCC2C(C)N. The highest BCUT2D eigenvalue weighted by atomic mass is 16.5. The van der Waals surface area contributed by atoms with Crippen LogP contribution in [0, 0.1) is 6.92 Å². The molecule has 0 spiro atoms. The van der Waals surface area contributed by atoms with E-state index in [1.165, 1.54) is 11.1 Å². The van der Waals surface area contributed by atoms with Crippen LogP contribution in [0.3, 0.4) is 0 Å². The number of rotatable bonds is 1. The van der Waals surface area contributed by atoms with Gasteiger partial charge in [-0.2, -0.15) is 0 Å². The maximum atomic E-state index is 5.87. The fourth-order valence-corrected chi connectivity index (χ4v) is 1.78. The van der Waals surface area contributed by atoms with E-state index >= 15 is 0 Å². The lowest BCUT2D eigenvalue weighted by molar-refractivity contribution is 0.318. The summed E-state index contributed by atoms with van der Waals surface area (Å²) in [6, 6.07) is 6.50. The fraction of sp³-hybridized carbons (Fsp3) is 0.455. The van der Waals surface area contributed by atoms with Crippen molar-refractivity contribution in [3.05, 3.63) is 29.3 Å². The van der Waals surface area contributed by atoms with Gasteiger partial charge in [0.25, 0.3) is 0 Å². The van der Waals surface area contributed by atoms with E-state index in [1.807, 2.05) is 6.92 Å². The summed E-state index contributed by atoms with van der Waals surface area (Å²) in [6.07, 6.45) is 0. The minimum absolute atomic E-state index is 0.170. The molecule has 0 saturated carbocycles. The Morgan fingerprint density at radius 1 is 1.54 bits per heavy atom. The van der Waals surface area contributed by atoms with Crippen LogP contribution in [0.5, 0.6) is 5.75 Å². The third-order valence-electron chi connectivity index (χ3n) is 2.62. The smallest absolute Gasteiger partial charge is 0.123 e. The van der Waals surface area contributed by atoms with E-state index in [-0.39, 0.29) is 6.04 Å². The molecule has 2 heteroatoms. The van der Waals surface area contributed by atoms with E-state index in [0.29, 0.717) is 5.92 Å². The van der Waals surface area contributed by atoms with Gasteiger partial charge in [0, 0.05) is 17.5 Å². The number of fused-ring (bicyclic) bond motifs is 1. The summed E-state index contributed by atoms with van der Waals surface area (Å²) in [7, 11) is 0. The lowest BCUT2D eigenvalue weighted by Crippen LogP contribution is -2.25. The van der Waals surface area contributed by atoms with Crippen LogP contribution in [-0.4, -0.2) is 12.6 Å². The van der Waals surface area contributed by atoms with Gasteiger partial charge in [-0.25, -0.2) is 0 Å². The number of hydrogen-bond donors (Lipinski definition) is 1. The Morgan fingerprint density at radius 2 is 2.31 bits per heavy atom. The first-order valence-corrected chi connectivity index (χ1v) is 4.67. The molecule has 2 nitrogen and oxygen atoms in total. The molecule has 0 amide bonds. The molecule has 0 aliphatic carbocycles. The van der Waals surface area contributed by atoms with Crippen molar-refractivity contribution in [1.82, 2.24) is 0 Å². The van der Waals surface area contributed by atoms with Crippen molar-refractivity contribution in [2.75, 3.05) is 6.61 Å². The molecule has 1 heterocycles. The lowest BCUT2D eigenvalue weighted by Gasteiger charge is -2.12. The van der Waals surface area contributed by atoms with Crippen LogP contribution in [0.2, 0.25) is 0 Å². The van der Waals surface area contributed by atoms with Crippen LogP contribution in [0.1, 0.15) is 24.0 Å². The Bertz CT molecular complexity index is 320. The maximum Gasteiger partial charge on any atom is 0.123 e. The Kier molecular flexibility index (Phi) is 2.00. The van der Waals surface area contributed by atoms with Gasteiger partial charge in [-0.15, -0.1) is 0 Å². The molecule has 1 aromatic carbocycles. The molecule has 2 rings (SSSR count). The molecular formula is C11H15NO. The highest BCUT2D eigenvalue weighted by Gasteiger charge is 2.26. The van der Waals surface area contributed by atoms with Gasteiger partial charge in [0.1, 0.15) is 5.75 Å². The largest absolute Gasteiger partial charge is 0.493 e. The molecule has 0 radical (unpaired) electrons. The number of benzene rings is 1. The van der Waals surface area contributed by atoms with Crippen LogP contribution in [-0.2, 0) is 0 Å². The highest BCUT2D eigenvalue weighted by molar-refractivity contribution is 5.43. The quantitative estimate of drug-likeness (QED) is 0.710. The second-order valence-corrected chi connectivity index (χ2v) is 3.82. The summed E-state index contributed by atoms with van der Waals surface area (Å²) >= 11 is 0. The average Bonchev–Trinajstić information content (AvgIpc) is 2.46. The zero-order chi connectivity index (χ0) is 9.42. The van der Waals surface area contributed by atoms with E-state index in [2.05, 4.69) is 25.1 Å². The molecule has 1 aromatic rings. The first kappa shape index (κ1) is 8.57. The van der Waals surface area contributed by atoms with E-state index in [0.717, 1.165) is 12.4 Å². The van der Waals surface area contributed by atoms with Crippen LogP contribution in [0.4, 0.5) is 0 Å². The van der Waals surface area contributed by atoms with Gasteiger partial charge >= 0.3 is 0 Å². The highest BCUT2D eigenvalue weighted by Crippen LogP contribution is 2.35. The van der Waals surface area contributed by atoms with Crippen LogP contribution in [0.15, 0.2) is 18.2 Å². The van der Waals surface area contributed by atoms with Crippen molar-refractivity contribution >= 4 is 0 Å². The second-order valence-electron chi connectivity index (χ2n) is 3.82. The lowest BCUT2D eigenvalue weighted by atomic mass is 9.94. The van der Waals surface area contributed by atoms with Crippen molar-refractivity contribution in [3.8, 4) is 5.75 Å². The van der Waals surface area contributed by atoms with Crippen molar-refractivity contribution in [2.45, 2.75) is 25.8 Å². The van der Waals surface area contributed by atoms with Crippen molar-refractivity contribution in [1.29, 1.82) is 0 Å². The van der Waals surface area contributed by atoms with Crippen LogP contribution >= 0.6 is 0 Å². The zero-order valence-corrected chi connectivity index (χ0v) is 8.08. The van der Waals surface area contributed by atoms with E-state index in [4.69, 9.17) is 10.5 Å². The van der Waals surface area contributed by atoms with Gasteiger partial charge in [0.2, 0.25) is 0 Å². The van der Waals surface area contributed by atoms with Gasteiger partial charge in [-0.3, -0.25) is 0 Å². The minimum atomic E-state index is 0.170. The molecular weight excluding hydrogens is 162 g/mol. The van der Waals surface area contributed by atoms with Crippen LogP contribution < -0.4 is 10.5 Å². The summed E-state index contributed by atoms with van der Waals surface area (Å²) in [5.41, 5.74) is 8.37. The monoisotopic (exact) mass is 177 g/mol. The Labute approximate surface area is 78.7 Å². The van der Waals surface area contributed by atoms with E-state index < -0.39 is 0 Å². The molecule has 0 fully saturated rings. The number of aryl methyl sites for hydroxylation is 1. The maximum absolute atomic E-state index is 5.87. The summed E-state index contributed by atoms with van der Waals surface area (Å²) in [5.74, 6) is 1.39. The van der Waals surface area contributed by atoms with Gasteiger partial charge in [-0.05, 0) is 25.5 Å². The number of ether oxygens (including phenoxy) is 1. The van der Waals surface area contributed by atoms with E-state index in [1.54, 1.807) is 0 Å². The molecule has 70 valence electrons. The van der Waals surface area contributed by atoms with Gasteiger partial charge in [0.05, 0.1) is 6.61 Å². The second kappa shape index (κ2) is 3.04. The summed E-state index contributed by atoms with van der Waals surface area (Å²) < 4.78 is 5.57. The molecule has 13 heavy (non-hydrogen) atoms.